The van der Waals surface area contributed by atoms with Crippen molar-refractivity contribution in [1.29, 1.82) is 0 Å². The highest BCUT2D eigenvalue weighted by atomic mass is 16.5. The van der Waals surface area contributed by atoms with Gasteiger partial charge in [-0.1, -0.05) is 5.92 Å². The zero-order chi connectivity index (χ0) is 7.98. The fourth-order valence-corrected chi connectivity index (χ4v) is 0.316. The maximum absolute atomic E-state index is 10.0. The average Bonchev–Trinajstić information content (AvgIpc) is 1.88. The van der Waals surface area contributed by atoms with Gasteiger partial charge in [-0.25, -0.2) is 0 Å². The van der Waals surface area contributed by atoms with Crippen LogP contribution in [0.2, 0.25) is 0 Å². The summed E-state index contributed by atoms with van der Waals surface area (Å²) in [6, 6.07) is -0.978. The van der Waals surface area contributed by atoms with E-state index in [-0.39, 0.29) is 13.2 Å². The number of terminal acetylenes is 1. The Morgan fingerprint density at radius 3 is 2.90 bits per heavy atom. The highest BCUT2D eigenvalue weighted by Gasteiger charge is 2.09. The van der Waals surface area contributed by atoms with Crippen molar-refractivity contribution in [1.82, 2.24) is 0 Å². The number of carboxylic acid groups (broad SMARTS) is 1. The number of carboxylic acids is 1. The van der Waals surface area contributed by atoms with E-state index in [0.717, 1.165) is 0 Å². The molecule has 0 rings (SSSR count). The highest BCUT2D eigenvalue weighted by Crippen LogP contribution is 1.80. The number of hydrogen-bond acceptors (Lipinski definition) is 3. The van der Waals surface area contributed by atoms with Crippen LogP contribution in [-0.4, -0.2) is 30.3 Å². The molecular formula is C6H9NO3. The zero-order valence-electron chi connectivity index (χ0n) is 5.41. The molecule has 0 aromatic heterocycles. The summed E-state index contributed by atoms with van der Waals surface area (Å²) in [5.74, 6) is 1.11. The Bertz CT molecular complexity index is 150. The van der Waals surface area contributed by atoms with Crippen LogP contribution in [0.5, 0.6) is 0 Å². The van der Waals surface area contributed by atoms with Crippen molar-refractivity contribution in [3.8, 4) is 12.3 Å². The second-order valence-electron chi connectivity index (χ2n) is 1.66. The quantitative estimate of drug-likeness (QED) is 0.393. The lowest BCUT2D eigenvalue weighted by Gasteiger charge is -2.03. The Morgan fingerprint density at radius 1 is 1.90 bits per heavy atom. The molecule has 0 radical (unpaired) electrons. The SMILES string of the molecule is C#CCOCC(N)C(=O)O. The lowest BCUT2D eigenvalue weighted by atomic mass is 10.3. The van der Waals surface area contributed by atoms with Crippen LogP contribution in [0.3, 0.4) is 0 Å². The number of ether oxygens (including phenoxy) is 1. The molecular weight excluding hydrogens is 134 g/mol. The summed E-state index contributed by atoms with van der Waals surface area (Å²) in [5.41, 5.74) is 5.06. The van der Waals surface area contributed by atoms with Crippen molar-refractivity contribution >= 4 is 5.97 Å². The Labute approximate surface area is 59.0 Å². The Hall–Kier alpha value is -1.05. The van der Waals surface area contributed by atoms with E-state index < -0.39 is 12.0 Å². The molecule has 10 heavy (non-hydrogen) atoms. The van der Waals surface area contributed by atoms with Crippen molar-refractivity contribution in [2.75, 3.05) is 13.2 Å². The van der Waals surface area contributed by atoms with E-state index in [0.29, 0.717) is 0 Å². The number of carbonyl (C=O) groups is 1. The van der Waals surface area contributed by atoms with Crippen molar-refractivity contribution in [3.63, 3.8) is 0 Å². The first kappa shape index (κ1) is 8.95. The van der Waals surface area contributed by atoms with Gasteiger partial charge in [-0.15, -0.1) is 6.42 Å². The molecule has 0 heterocycles. The largest absolute Gasteiger partial charge is 0.480 e. The molecule has 0 saturated heterocycles. The first-order chi connectivity index (χ1) is 4.68. The normalized spacial score (nSPS) is 12.0. The molecule has 0 aliphatic heterocycles. The fraction of sp³-hybridized carbons (Fsp3) is 0.500. The number of aliphatic carboxylic acids is 1. The molecule has 1 unspecified atom stereocenters. The van der Waals surface area contributed by atoms with E-state index in [9.17, 15) is 4.79 Å². The van der Waals surface area contributed by atoms with Crippen LogP contribution in [0, 0.1) is 12.3 Å². The van der Waals surface area contributed by atoms with Gasteiger partial charge in [0.15, 0.2) is 0 Å². The monoisotopic (exact) mass is 143 g/mol. The van der Waals surface area contributed by atoms with E-state index in [2.05, 4.69) is 10.7 Å². The third kappa shape index (κ3) is 3.89. The molecule has 56 valence electrons. The fourth-order valence-electron chi connectivity index (χ4n) is 0.316. The molecule has 4 heteroatoms. The molecule has 0 aliphatic carbocycles. The van der Waals surface area contributed by atoms with Crippen molar-refractivity contribution in [3.05, 3.63) is 0 Å². The molecule has 0 fully saturated rings. The second kappa shape index (κ2) is 4.79. The maximum atomic E-state index is 10.0. The molecule has 0 aliphatic rings. The first-order valence-corrected chi connectivity index (χ1v) is 2.68. The van der Waals surface area contributed by atoms with Crippen LogP contribution < -0.4 is 5.73 Å². The van der Waals surface area contributed by atoms with Gasteiger partial charge < -0.3 is 15.6 Å². The van der Waals surface area contributed by atoms with Gasteiger partial charge in [-0.3, -0.25) is 4.79 Å². The van der Waals surface area contributed by atoms with Gasteiger partial charge in [0, 0.05) is 0 Å². The summed E-state index contributed by atoms with van der Waals surface area (Å²) in [5, 5.41) is 8.22. The highest BCUT2D eigenvalue weighted by molar-refractivity contribution is 5.73. The molecule has 0 bridgehead atoms. The van der Waals surface area contributed by atoms with Crippen molar-refractivity contribution in [2.24, 2.45) is 5.73 Å². The van der Waals surface area contributed by atoms with Gasteiger partial charge in [-0.2, -0.15) is 0 Å². The van der Waals surface area contributed by atoms with Gasteiger partial charge in [0.2, 0.25) is 0 Å². The van der Waals surface area contributed by atoms with E-state index in [1.165, 1.54) is 0 Å². The number of rotatable bonds is 4. The minimum absolute atomic E-state index is 0.0421. The third-order valence-electron chi connectivity index (χ3n) is 0.800. The van der Waals surface area contributed by atoms with Gasteiger partial charge >= 0.3 is 5.97 Å². The lowest BCUT2D eigenvalue weighted by molar-refractivity contribution is -0.139. The smallest absolute Gasteiger partial charge is 0.322 e. The standard InChI is InChI=1S/C6H9NO3/c1-2-3-10-4-5(7)6(8)9/h1,5H,3-4,7H2,(H,8,9). The van der Waals surface area contributed by atoms with E-state index in [1.54, 1.807) is 0 Å². The van der Waals surface area contributed by atoms with Crippen molar-refractivity contribution in [2.45, 2.75) is 6.04 Å². The van der Waals surface area contributed by atoms with Crippen LogP contribution >= 0.6 is 0 Å². The van der Waals surface area contributed by atoms with E-state index in [1.807, 2.05) is 0 Å². The summed E-state index contributed by atoms with van der Waals surface area (Å²) in [6.07, 6.45) is 4.83. The van der Waals surface area contributed by atoms with Gasteiger partial charge in [-0.05, 0) is 0 Å². The molecule has 4 nitrogen and oxygen atoms in total. The summed E-state index contributed by atoms with van der Waals surface area (Å²) >= 11 is 0. The van der Waals surface area contributed by atoms with Gasteiger partial charge in [0.25, 0.3) is 0 Å². The van der Waals surface area contributed by atoms with Crippen LogP contribution in [0.1, 0.15) is 0 Å². The lowest BCUT2D eigenvalue weighted by Crippen LogP contribution is -2.34. The van der Waals surface area contributed by atoms with Crippen molar-refractivity contribution < 1.29 is 14.6 Å². The molecule has 0 aromatic carbocycles. The summed E-state index contributed by atoms with van der Waals surface area (Å²) in [4.78, 5) is 10.0. The zero-order valence-corrected chi connectivity index (χ0v) is 5.41. The van der Waals surface area contributed by atoms with Crippen LogP contribution in [0.15, 0.2) is 0 Å². The molecule has 3 N–H and O–H groups in total. The Morgan fingerprint density at radius 2 is 2.50 bits per heavy atom. The van der Waals surface area contributed by atoms with Gasteiger partial charge in [0.1, 0.15) is 12.6 Å². The second-order valence-corrected chi connectivity index (χ2v) is 1.66. The Kier molecular flexibility index (Phi) is 4.29. The van der Waals surface area contributed by atoms with Gasteiger partial charge in [0.05, 0.1) is 6.61 Å². The minimum atomic E-state index is -1.09. The molecule has 1 atom stereocenters. The first-order valence-electron chi connectivity index (χ1n) is 2.68. The molecule has 0 spiro atoms. The predicted molar refractivity (Wildman–Crippen MR) is 35.3 cm³/mol. The summed E-state index contributed by atoms with van der Waals surface area (Å²) in [6.45, 7) is 0.0561. The number of hydrogen-bond donors (Lipinski definition) is 2. The van der Waals surface area contributed by atoms with Crippen LogP contribution in [-0.2, 0) is 9.53 Å². The average molecular weight is 143 g/mol. The molecule has 0 saturated carbocycles. The van der Waals surface area contributed by atoms with Crippen LogP contribution in [0.25, 0.3) is 0 Å². The predicted octanol–water partition coefficient (Wildman–Crippen LogP) is -0.952. The summed E-state index contributed by atoms with van der Waals surface area (Å²) < 4.78 is 4.66. The van der Waals surface area contributed by atoms with E-state index >= 15 is 0 Å². The summed E-state index contributed by atoms with van der Waals surface area (Å²) in [7, 11) is 0. The Balaban J connectivity index is 3.32. The topological polar surface area (TPSA) is 72.5 Å². The number of nitrogens with two attached hydrogens (primary N) is 1. The molecule has 0 amide bonds. The van der Waals surface area contributed by atoms with Crippen LogP contribution in [0.4, 0.5) is 0 Å². The molecule has 0 aromatic rings. The maximum Gasteiger partial charge on any atom is 0.322 e. The minimum Gasteiger partial charge on any atom is -0.480 e. The third-order valence-corrected chi connectivity index (χ3v) is 0.800. The van der Waals surface area contributed by atoms with E-state index in [4.69, 9.17) is 17.3 Å².